The molecule has 7 heteroatoms. The zero-order valence-corrected chi connectivity index (χ0v) is 14.2. The third kappa shape index (κ3) is 4.95. The molecule has 1 aromatic carbocycles. The summed E-state index contributed by atoms with van der Waals surface area (Å²) in [5.41, 5.74) is -0.160. The summed E-state index contributed by atoms with van der Waals surface area (Å²) in [5, 5.41) is 11.9. The smallest absolute Gasteiger partial charge is 0.408 e. The molecule has 0 aliphatic rings. The predicted octanol–water partition coefficient (Wildman–Crippen LogP) is 2.80. The highest BCUT2D eigenvalue weighted by atomic mass is 16.6. The summed E-state index contributed by atoms with van der Waals surface area (Å²) in [6.45, 7) is 5.23. The summed E-state index contributed by atoms with van der Waals surface area (Å²) < 4.78 is 20.9. The van der Waals surface area contributed by atoms with E-state index in [4.69, 9.17) is 18.9 Å². The van der Waals surface area contributed by atoms with Gasteiger partial charge in [-0.2, -0.15) is 5.26 Å². The van der Waals surface area contributed by atoms with Crippen LogP contribution in [-0.4, -0.2) is 33.0 Å². The van der Waals surface area contributed by atoms with E-state index in [1.807, 2.05) is 6.07 Å². The van der Waals surface area contributed by atoms with Gasteiger partial charge in [-0.1, -0.05) is 0 Å². The quantitative estimate of drug-likeness (QED) is 0.896. The van der Waals surface area contributed by atoms with Crippen LogP contribution in [-0.2, 0) is 4.74 Å². The van der Waals surface area contributed by atoms with Crippen LogP contribution in [0.5, 0.6) is 17.2 Å². The molecule has 0 fully saturated rings. The highest BCUT2D eigenvalue weighted by Gasteiger charge is 2.23. The Hall–Kier alpha value is -2.62. The number of ether oxygens (including phenoxy) is 4. The highest BCUT2D eigenvalue weighted by Crippen LogP contribution is 2.39. The van der Waals surface area contributed by atoms with E-state index < -0.39 is 17.7 Å². The molecule has 1 amide bonds. The van der Waals surface area contributed by atoms with Gasteiger partial charge in [0, 0.05) is 0 Å². The molecule has 0 saturated heterocycles. The molecule has 0 heterocycles. The summed E-state index contributed by atoms with van der Waals surface area (Å²) in [5.74, 6) is 1.20. The second-order valence-corrected chi connectivity index (χ2v) is 5.67. The fourth-order valence-corrected chi connectivity index (χ4v) is 1.88. The number of amides is 1. The largest absolute Gasteiger partial charge is 0.493 e. The Labute approximate surface area is 136 Å². The number of carbonyl (C=O) groups excluding carboxylic acids is 1. The van der Waals surface area contributed by atoms with Crippen molar-refractivity contribution in [2.24, 2.45) is 0 Å². The molecule has 126 valence electrons. The molecule has 1 N–H and O–H groups in total. The first-order valence-electron chi connectivity index (χ1n) is 6.94. The summed E-state index contributed by atoms with van der Waals surface area (Å²) >= 11 is 0. The lowest BCUT2D eigenvalue weighted by atomic mass is 10.1. The van der Waals surface area contributed by atoms with Crippen LogP contribution in [0, 0.1) is 11.3 Å². The number of rotatable bonds is 5. The molecule has 0 aliphatic heterocycles. The van der Waals surface area contributed by atoms with Gasteiger partial charge in [-0.25, -0.2) is 4.79 Å². The summed E-state index contributed by atoms with van der Waals surface area (Å²) in [7, 11) is 4.44. The lowest BCUT2D eigenvalue weighted by Crippen LogP contribution is -2.34. The van der Waals surface area contributed by atoms with Crippen LogP contribution in [0.2, 0.25) is 0 Å². The lowest BCUT2D eigenvalue weighted by molar-refractivity contribution is 0.0515. The van der Waals surface area contributed by atoms with Crippen molar-refractivity contribution in [2.45, 2.75) is 32.4 Å². The van der Waals surface area contributed by atoms with E-state index in [0.717, 1.165) is 0 Å². The van der Waals surface area contributed by atoms with Crippen molar-refractivity contribution in [3.63, 3.8) is 0 Å². The lowest BCUT2D eigenvalue weighted by Gasteiger charge is -2.22. The van der Waals surface area contributed by atoms with Crippen LogP contribution >= 0.6 is 0 Å². The Kier molecular flexibility index (Phi) is 6.08. The Morgan fingerprint density at radius 1 is 1.13 bits per heavy atom. The first kappa shape index (κ1) is 18.4. The molecular weight excluding hydrogens is 300 g/mol. The number of benzene rings is 1. The third-order valence-electron chi connectivity index (χ3n) is 2.81. The number of hydrogen-bond acceptors (Lipinski definition) is 6. The first-order valence-corrected chi connectivity index (χ1v) is 6.94. The zero-order chi connectivity index (χ0) is 17.6. The number of nitrogens with zero attached hydrogens (tertiary/aromatic N) is 1. The van der Waals surface area contributed by atoms with Crippen LogP contribution in [0.15, 0.2) is 12.1 Å². The molecular formula is C16H22N2O5. The maximum Gasteiger partial charge on any atom is 0.408 e. The van der Waals surface area contributed by atoms with Gasteiger partial charge in [-0.3, -0.25) is 0 Å². The predicted molar refractivity (Wildman–Crippen MR) is 83.8 cm³/mol. The molecule has 0 bridgehead atoms. The van der Waals surface area contributed by atoms with E-state index in [1.54, 1.807) is 32.9 Å². The van der Waals surface area contributed by atoms with Crippen molar-refractivity contribution in [3.8, 4) is 23.3 Å². The summed E-state index contributed by atoms with van der Waals surface area (Å²) in [6, 6.07) is 4.30. The topological polar surface area (TPSA) is 89.8 Å². The average molecular weight is 322 g/mol. The van der Waals surface area contributed by atoms with Gasteiger partial charge in [0.25, 0.3) is 0 Å². The van der Waals surface area contributed by atoms with E-state index in [0.29, 0.717) is 22.8 Å². The van der Waals surface area contributed by atoms with Crippen LogP contribution in [0.25, 0.3) is 0 Å². The normalized spacial score (nSPS) is 11.9. The Morgan fingerprint density at radius 3 is 2.00 bits per heavy atom. The van der Waals surface area contributed by atoms with Crippen molar-refractivity contribution in [2.75, 3.05) is 21.3 Å². The maximum atomic E-state index is 11.9. The van der Waals surface area contributed by atoms with E-state index in [9.17, 15) is 10.1 Å². The highest BCUT2D eigenvalue weighted by molar-refractivity contribution is 5.69. The summed E-state index contributed by atoms with van der Waals surface area (Å²) in [4.78, 5) is 11.9. The van der Waals surface area contributed by atoms with Gasteiger partial charge in [-0.15, -0.1) is 0 Å². The minimum absolute atomic E-state index is 0.396. The first-order chi connectivity index (χ1) is 10.8. The van der Waals surface area contributed by atoms with Gasteiger partial charge < -0.3 is 24.3 Å². The van der Waals surface area contributed by atoms with Crippen LogP contribution in [0.4, 0.5) is 4.79 Å². The van der Waals surface area contributed by atoms with Gasteiger partial charge in [0.05, 0.1) is 27.4 Å². The third-order valence-corrected chi connectivity index (χ3v) is 2.81. The van der Waals surface area contributed by atoms with Crippen molar-refractivity contribution >= 4 is 6.09 Å². The Bertz CT molecular complexity index is 576. The minimum Gasteiger partial charge on any atom is -0.493 e. The Balaban J connectivity index is 3.11. The van der Waals surface area contributed by atoms with Crippen molar-refractivity contribution < 1.29 is 23.7 Å². The second-order valence-electron chi connectivity index (χ2n) is 5.67. The van der Waals surface area contributed by atoms with E-state index >= 15 is 0 Å². The fourth-order valence-electron chi connectivity index (χ4n) is 1.88. The molecule has 1 aromatic rings. The molecule has 0 saturated carbocycles. The maximum absolute atomic E-state index is 11.9. The van der Waals surface area contributed by atoms with Gasteiger partial charge >= 0.3 is 6.09 Å². The number of carbonyl (C=O) groups is 1. The molecule has 7 nitrogen and oxygen atoms in total. The second kappa shape index (κ2) is 7.58. The molecule has 0 unspecified atom stereocenters. The van der Waals surface area contributed by atoms with Crippen LogP contribution in [0.3, 0.4) is 0 Å². The van der Waals surface area contributed by atoms with Gasteiger partial charge in [0.15, 0.2) is 11.5 Å². The minimum atomic E-state index is -0.918. The van der Waals surface area contributed by atoms with E-state index in [2.05, 4.69) is 5.32 Å². The Morgan fingerprint density at radius 2 is 1.65 bits per heavy atom. The summed E-state index contributed by atoms with van der Waals surface area (Å²) in [6.07, 6.45) is -0.683. The van der Waals surface area contributed by atoms with Crippen molar-refractivity contribution in [1.29, 1.82) is 5.26 Å². The average Bonchev–Trinajstić information content (AvgIpc) is 2.49. The number of nitriles is 1. The number of methoxy groups -OCH3 is 3. The standard InChI is InChI=1S/C16H22N2O5/c1-16(2,3)23-15(19)18-11(9-17)10-7-12(20-4)14(22-6)13(8-10)21-5/h7-8,11H,1-6H3,(H,18,19)/t11-/m0/s1. The monoisotopic (exact) mass is 322 g/mol. The molecule has 1 rings (SSSR count). The van der Waals surface area contributed by atoms with Crippen molar-refractivity contribution in [3.05, 3.63) is 17.7 Å². The zero-order valence-electron chi connectivity index (χ0n) is 14.2. The fraction of sp³-hybridized carbons (Fsp3) is 0.500. The van der Waals surface area contributed by atoms with Gasteiger partial charge in [0.2, 0.25) is 5.75 Å². The molecule has 23 heavy (non-hydrogen) atoms. The van der Waals surface area contributed by atoms with Crippen molar-refractivity contribution in [1.82, 2.24) is 5.32 Å². The molecule has 0 radical (unpaired) electrons. The van der Waals surface area contributed by atoms with E-state index in [1.165, 1.54) is 21.3 Å². The van der Waals surface area contributed by atoms with E-state index in [-0.39, 0.29) is 0 Å². The molecule has 0 spiro atoms. The van der Waals surface area contributed by atoms with Gasteiger partial charge in [-0.05, 0) is 38.5 Å². The molecule has 1 atom stereocenters. The van der Waals surface area contributed by atoms with Gasteiger partial charge in [0.1, 0.15) is 11.6 Å². The van der Waals surface area contributed by atoms with Crippen LogP contribution < -0.4 is 19.5 Å². The molecule has 0 aromatic heterocycles. The van der Waals surface area contributed by atoms with Crippen LogP contribution in [0.1, 0.15) is 32.4 Å². The number of nitrogens with one attached hydrogen (secondary N) is 1. The number of alkyl carbamates (subject to hydrolysis) is 1. The molecule has 0 aliphatic carbocycles. The SMILES string of the molecule is COc1cc([C@H](C#N)NC(=O)OC(C)(C)C)cc(OC)c1OC. The number of hydrogen-bond donors (Lipinski definition) is 1.